The molecule has 0 spiro atoms. The highest BCUT2D eigenvalue weighted by Crippen LogP contribution is 2.32. The van der Waals surface area contributed by atoms with Crippen molar-refractivity contribution in [1.82, 2.24) is 4.98 Å². The molecule has 0 atom stereocenters. The van der Waals surface area contributed by atoms with Crippen LogP contribution in [0.3, 0.4) is 0 Å². The van der Waals surface area contributed by atoms with E-state index in [1.54, 1.807) is 0 Å². The summed E-state index contributed by atoms with van der Waals surface area (Å²) < 4.78 is 38.3. The van der Waals surface area contributed by atoms with E-state index >= 15 is 0 Å². The monoisotopic (exact) mass is 273 g/mol. The molecule has 2 rings (SSSR count). The van der Waals surface area contributed by atoms with Crippen LogP contribution in [0.5, 0.6) is 0 Å². The first kappa shape index (κ1) is 14.0. The molecule has 1 aromatic rings. The van der Waals surface area contributed by atoms with Gasteiger partial charge in [0, 0.05) is 13.1 Å². The van der Waals surface area contributed by atoms with Crippen LogP contribution < -0.4 is 10.6 Å². The molecule has 1 aliphatic rings. The minimum atomic E-state index is -4.38. The van der Waals surface area contributed by atoms with E-state index in [1.807, 2.05) is 4.90 Å². The van der Waals surface area contributed by atoms with E-state index in [0.717, 1.165) is 50.9 Å². The van der Waals surface area contributed by atoms with E-state index in [-0.39, 0.29) is 5.82 Å². The van der Waals surface area contributed by atoms with Gasteiger partial charge in [-0.05, 0) is 25.0 Å². The smallest absolute Gasteiger partial charge is 0.384 e. The average Bonchev–Trinajstić information content (AvgIpc) is 2.26. The van der Waals surface area contributed by atoms with Gasteiger partial charge in [0.25, 0.3) is 0 Å². The van der Waals surface area contributed by atoms with E-state index in [1.165, 1.54) is 6.42 Å². The molecule has 106 valence electrons. The van der Waals surface area contributed by atoms with Crippen LogP contribution in [0.4, 0.5) is 24.8 Å². The molecule has 0 aromatic carbocycles. The molecule has 1 saturated heterocycles. The zero-order valence-electron chi connectivity index (χ0n) is 10.7. The lowest BCUT2D eigenvalue weighted by Gasteiger charge is -2.26. The van der Waals surface area contributed by atoms with Crippen LogP contribution in [-0.4, -0.2) is 18.1 Å². The zero-order valence-corrected chi connectivity index (χ0v) is 10.7. The fourth-order valence-corrected chi connectivity index (χ4v) is 2.34. The summed E-state index contributed by atoms with van der Waals surface area (Å²) in [6.45, 7) is 1.49. The zero-order chi connectivity index (χ0) is 13.9. The molecule has 0 aliphatic carbocycles. The molecule has 3 nitrogen and oxygen atoms in total. The van der Waals surface area contributed by atoms with Crippen molar-refractivity contribution in [2.45, 2.75) is 38.3 Å². The summed E-state index contributed by atoms with van der Waals surface area (Å²) in [5.74, 6) is 0.265. The number of nitrogen functional groups attached to an aromatic ring is 1. The number of hydrogen-bond acceptors (Lipinski definition) is 3. The molecule has 0 radical (unpaired) electrons. The predicted molar refractivity (Wildman–Crippen MR) is 68.9 cm³/mol. The summed E-state index contributed by atoms with van der Waals surface area (Å²) >= 11 is 0. The highest BCUT2D eigenvalue weighted by Gasteiger charge is 2.32. The number of pyridine rings is 1. The largest absolute Gasteiger partial charge is 0.416 e. The van der Waals surface area contributed by atoms with E-state index in [0.29, 0.717) is 5.82 Å². The molecule has 19 heavy (non-hydrogen) atoms. The summed E-state index contributed by atoms with van der Waals surface area (Å²) in [5, 5.41) is 0. The first-order valence-electron chi connectivity index (χ1n) is 6.56. The number of alkyl halides is 3. The van der Waals surface area contributed by atoms with Gasteiger partial charge in [0.05, 0.1) is 5.56 Å². The van der Waals surface area contributed by atoms with E-state index in [9.17, 15) is 13.2 Å². The standard InChI is InChI=1S/C13H18F3N3/c14-13(15,16)10-8-11(17)18-12(9-10)19-6-4-2-1-3-5-7-19/h8-9H,1-7H2,(H2,17,18). The fourth-order valence-electron chi connectivity index (χ4n) is 2.34. The molecule has 0 unspecified atom stereocenters. The first-order chi connectivity index (χ1) is 8.97. The third-order valence-electron chi connectivity index (χ3n) is 3.34. The maximum Gasteiger partial charge on any atom is 0.416 e. The molecule has 0 saturated carbocycles. The van der Waals surface area contributed by atoms with Gasteiger partial charge in [-0.25, -0.2) is 4.98 Å². The number of halogens is 3. The van der Waals surface area contributed by atoms with Gasteiger partial charge in [-0.2, -0.15) is 13.2 Å². The number of aromatic nitrogens is 1. The molecular weight excluding hydrogens is 255 g/mol. The second-order valence-corrected chi connectivity index (χ2v) is 4.89. The Kier molecular flexibility index (Phi) is 4.17. The van der Waals surface area contributed by atoms with E-state index in [4.69, 9.17) is 5.73 Å². The maximum absolute atomic E-state index is 12.8. The van der Waals surface area contributed by atoms with Crippen molar-refractivity contribution < 1.29 is 13.2 Å². The number of rotatable bonds is 1. The van der Waals surface area contributed by atoms with Crippen molar-refractivity contribution in [2.24, 2.45) is 0 Å². The molecule has 1 fully saturated rings. The predicted octanol–water partition coefficient (Wildman–Crippen LogP) is 3.45. The summed E-state index contributed by atoms with van der Waals surface area (Å²) in [5.41, 5.74) is 4.77. The minimum Gasteiger partial charge on any atom is -0.384 e. The Hall–Kier alpha value is -1.46. The number of nitrogens with zero attached hydrogens (tertiary/aromatic N) is 2. The summed E-state index contributed by atoms with van der Waals surface area (Å²) in [7, 11) is 0. The third-order valence-corrected chi connectivity index (χ3v) is 3.34. The van der Waals surface area contributed by atoms with Crippen molar-refractivity contribution in [1.29, 1.82) is 0 Å². The van der Waals surface area contributed by atoms with Crippen molar-refractivity contribution in [3.05, 3.63) is 17.7 Å². The Labute approximate surface area is 110 Å². The molecule has 0 bridgehead atoms. The number of anilines is 2. The molecule has 6 heteroatoms. The van der Waals surface area contributed by atoms with Crippen molar-refractivity contribution >= 4 is 11.6 Å². The van der Waals surface area contributed by atoms with Crippen molar-refractivity contribution in [3.63, 3.8) is 0 Å². The van der Waals surface area contributed by atoms with E-state index < -0.39 is 11.7 Å². The van der Waals surface area contributed by atoms with Crippen molar-refractivity contribution in [3.8, 4) is 0 Å². The lowest BCUT2D eigenvalue weighted by molar-refractivity contribution is -0.137. The van der Waals surface area contributed by atoms with Crippen LogP contribution >= 0.6 is 0 Å². The van der Waals surface area contributed by atoms with Gasteiger partial charge >= 0.3 is 6.18 Å². The Bertz CT molecular complexity index is 424. The maximum atomic E-state index is 12.8. The van der Waals surface area contributed by atoms with Gasteiger partial charge in [-0.1, -0.05) is 19.3 Å². The van der Waals surface area contributed by atoms with Gasteiger partial charge in [-0.15, -0.1) is 0 Å². The van der Waals surface area contributed by atoms with Crippen LogP contribution in [0.2, 0.25) is 0 Å². The Morgan fingerprint density at radius 1 is 1.00 bits per heavy atom. The van der Waals surface area contributed by atoms with Gasteiger partial charge < -0.3 is 10.6 Å². The molecule has 0 amide bonds. The second kappa shape index (κ2) is 5.67. The van der Waals surface area contributed by atoms with E-state index in [2.05, 4.69) is 4.98 Å². The van der Waals surface area contributed by atoms with Gasteiger partial charge in [0.1, 0.15) is 11.6 Å². The summed E-state index contributed by atoms with van der Waals surface area (Å²) in [4.78, 5) is 5.95. The van der Waals surface area contributed by atoms with Crippen molar-refractivity contribution in [2.75, 3.05) is 23.7 Å². The van der Waals surface area contributed by atoms with Gasteiger partial charge in [0.15, 0.2) is 0 Å². The minimum absolute atomic E-state index is 0.0770. The molecule has 1 aliphatic heterocycles. The Morgan fingerprint density at radius 2 is 1.58 bits per heavy atom. The SMILES string of the molecule is Nc1cc(C(F)(F)F)cc(N2CCCCCCC2)n1. The molecular formula is C13H18F3N3. The normalized spacial score (nSPS) is 17.9. The summed E-state index contributed by atoms with van der Waals surface area (Å²) in [6, 6.07) is 1.98. The third kappa shape index (κ3) is 3.75. The highest BCUT2D eigenvalue weighted by molar-refractivity contribution is 5.49. The Morgan fingerprint density at radius 3 is 2.16 bits per heavy atom. The fraction of sp³-hybridized carbons (Fsp3) is 0.615. The number of hydrogen-bond donors (Lipinski definition) is 1. The molecule has 2 heterocycles. The van der Waals surface area contributed by atoms with Gasteiger partial charge in [0.2, 0.25) is 0 Å². The molecule has 2 N–H and O–H groups in total. The second-order valence-electron chi connectivity index (χ2n) is 4.89. The number of nitrogens with two attached hydrogens (primary N) is 1. The van der Waals surface area contributed by atoms with Gasteiger partial charge in [-0.3, -0.25) is 0 Å². The Balaban J connectivity index is 2.24. The van der Waals surface area contributed by atoms with Crippen LogP contribution in [0.25, 0.3) is 0 Å². The van der Waals surface area contributed by atoms with Crippen LogP contribution in [0.15, 0.2) is 12.1 Å². The lowest BCUT2D eigenvalue weighted by Crippen LogP contribution is -2.28. The topological polar surface area (TPSA) is 42.1 Å². The van der Waals surface area contributed by atoms with Crippen LogP contribution in [-0.2, 0) is 6.18 Å². The lowest BCUT2D eigenvalue weighted by atomic mass is 10.1. The van der Waals surface area contributed by atoms with Crippen LogP contribution in [0, 0.1) is 0 Å². The summed E-state index contributed by atoms with van der Waals surface area (Å²) in [6.07, 6.45) is 1.02. The average molecular weight is 273 g/mol. The van der Waals surface area contributed by atoms with Crippen LogP contribution in [0.1, 0.15) is 37.7 Å². The first-order valence-corrected chi connectivity index (χ1v) is 6.56. The molecule has 1 aromatic heterocycles. The quantitative estimate of drug-likeness (QED) is 0.852. The highest BCUT2D eigenvalue weighted by atomic mass is 19.4.